The van der Waals surface area contributed by atoms with E-state index in [-0.39, 0.29) is 6.04 Å². The first-order valence-electron chi connectivity index (χ1n) is 8.71. The van der Waals surface area contributed by atoms with E-state index < -0.39 is 0 Å². The second kappa shape index (κ2) is 6.26. The topological polar surface area (TPSA) is 54.6 Å². The van der Waals surface area contributed by atoms with Crippen LogP contribution in [0.3, 0.4) is 0 Å². The van der Waals surface area contributed by atoms with Gasteiger partial charge >= 0.3 is 0 Å². The molecule has 3 heterocycles. The highest BCUT2D eigenvalue weighted by Crippen LogP contribution is 2.38. The van der Waals surface area contributed by atoms with Crippen molar-refractivity contribution in [1.29, 1.82) is 0 Å². The molecule has 0 aromatic carbocycles. The van der Waals surface area contributed by atoms with E-state index in [2.05, 4.69) is 26.9 Å². The first-order chi connectivity index (χ1) is 10.8. The predicted octanol–water partition coefficient (Wildman–Crippen LogP) is 1.80. The van der Waals surface area contributed by atoms with Crippen molar-refractivity contribution in [3.63, 3.8) is 0 Å². The van der Waals surface area contributed by atoms with Crippen LogP contribution >= 0.6 is 0 Å². The average molecular weight is 306 g/mol. The van der Waals surface area contributed by atoms with Crippen LogP contribution in [-0.4, -0.2) is 65.4 Å². The largest absolute Gasteiger partial charge is 0.377 e. The van der Waals surface area contributed by atoms with Crippen LogP contribution in [0.25, 0.3) is 0 Å². The summed E-state index contributed by atoms with van der Waals surface area (Å²) in [6, 6.07) is 0.227. The standard InChI is InChI=1S/C16H26N4O2/c1-12(16-17-15(18-22-16)13-4-5-13)20-8-6-19(7-9-20)11-14-3-2-10-21-14/h12-14H,2-11H2,1H3/t12-,14+/m0/s1. The van der Waals surface area contributed by atoms with Crippen LogP contribution in [0.4, 0.5) is 0 Å². The van der Waals surface area contributed by atoms with Gasteiger partial charge in [0.15, 0.2) is 5.82 Å². The Kier molecular flexibility index (Phi) is 4.15. The van der Waals surface area contributed by atoms with Gasteiger partial charge in [-0.05, 0) is 32.6 Å². The molecule has 2 saturated heterocycles. The Labute approximate surface area is 131 Å². The van der Waals surface area contributed by atoms with Crippen LogP contribution in [0.1, 0.15) is 56.3 Å². The van der Waals surface area contributed by atoms with E-state index in [1.165, 1.54) is 25.7 Å². The van der Waals surface area contributed by atoms with Crippen LogP contribution in [0, 0.1) is 0 Å². The van der Waals surface area contributed by atoms with E-state index in [1.807, 2.05) is 0 Å². The summed E-state index contributed by atoms with van der Waals surface area (Å²) in [4.78, 5) is 9.58. The van der Waals surface area contributed by atoms with Crippen LogP contribution in [0.2, 0.25) is 0 Å². The quantitative estimate of drug-likeness (QED) is 0.827. The third-order valence-corrected chi connectivity index (χ3v) is 5.20. The molecule has 6 heteroatoms. The highest BCUT2D eigenvalue weighted by molar-refractivity contribution is 5.04. The number of nitrogens with zero attached hydrogens (tertiary/aromatic N) is 4. The molecule has 0 radical (unpaired) electrons. The summed E-state index contributed by atoms with van der Waals surface area (Å²) in [5, 5.41) is 4.14. The number of ether oxygens (including phenoxy) is 1. The second-order valence-corrected chi connectivity index (χ2v) is 6.91. The van der Waals surface area contributed by atoms with E-state index >= 15 is 0 Å². The van der Waals surface area contributed by atoms with Gasteiger partial charge in [0.1, 0.15) is 0 Å². The number of hydrogen-bond donors (Lipinski definition) is 0. The molecule has 0 N–H and O–H groups in total. The molecule has 3 aliphatic rings. The summed E-state index contributed by atoms with van der Waals surface area (Å²) in [6.07, 6.45) is 5.34. The summed E-state index contributed by atoms with van der Waals surface area (Å²) < 4.78 is 11.2. The zero-order valence-electron chi connectivity index (χ0n) is 13.4. The molecule has 0 unspecified atom stereocenters. The molecule has 22 heavy (non-hydrogen) atoms. The molecule has 6 nitrogen and oxygen atoms in total. The highest BCUT2D eigenvalue weighted by Gasteiger charge is 2.31. The minimum absolute atomic E-state index is 0.227. The third kappa shape index (κ3) is 3.19. The van der Waals surface area contributed by atoms with Crippen molar-refractivity contribution in [1.82, 2.24) is 19.9 Å². The smallest absolute Gasteiger partial charge is 0.243 e. The van der Waals surface area contributed by atoms with Crippen molar-refractivity contribution >= 4 is 0 Å². The zero-order chi connectivity index (χ0) is 14.9. The minimum atomic E-state index is 0.227. The molecule has 0 amide bonds. The van der Waals surface area contributed by atoms with E-state index in [0.29, 0.717) is 12.0 Å². The highest BCUT2D eigenvalue weighted by atomic mass is 16.5. The van der Waals surface area contributed by atoms with Gasteiger partial charge in [0.25, 0.3) is 0 Å². The lowest BCUT2D eigenvalue weighted by Gasteiger charge is -2.37. The van der Waals surface area contributed by atoms with Crippen molar-refractivity contribution in [3.8, 4) is 0 Å². The summed E-state index contributed by atoms with van der Waals surface area (Å²) in [5.41, 5.74) is 0. The van der Waals surface area contributed by atoms with Gasteiger partial charge in [-0.1, -0.05) is 5.16 Å². The first-order valence-corrected chi connectivity index (χ1v) is 8.71. The van der Waals surface area contributed by atoms with Gasteiger partial charge in [0.05, 0.1) is 12.1 Å². The van der Waals surface area contributed by atoms with Crippen LogP contribution in [-0.2, 0) is 4.74 Å². The van der Waals surface area contributed by atoms with Crippen LogP contribution in [0.5, 0.6) is 0 Å². The molecular weight excluding hydrogens is 280 g/mol. The van der Waals surface area contributed by atoms with E-state index in [4.69, 9.17) is 9.26 Å². The molecule has 1 aromatic rings. The van der Waals surface area contributed by atoms with Crippen molar-refractivity contribution in [3.05, 3.63) is 11.7 Å². The SMILES string of the molecule is C[C@@H](c1nc(C2CC2)no1)N1CCN(C[C@H]2CCCO2)CC1. The molecular formula is C16H26N4O2. The molecule has 2 aliphatic heterocycles. The maximum atomic E-state index is 5.74. The molecule has 0 bridgehead atoms. The lowest BCUT2D eigenvalue weighted by Crippen LogP contribution is -2.49. The number of aromatic nitrogens is 2. The van der Waals surface area contributed by atoms with Gasteiger partial charge in [0.2, 0.25) is 5.89 Å². The average Bonchev–Trinajstić information content (AvgIpc) is 3.06. The van der Waals surface area contributed by atoms with E-state index in [0.717, 1.165) is 51.0 Å². The van der Waals surface area contributed by atoms with Gasteiger partial charge < -0.3 is 9.26 Å². The molecule has 1 aromatic heterocycles. The number of hydrogen-bond acceptors (Lipinski definition) is 6. The Morgan fingerprint density at radius 3 is 2.68 bits per heavy atom. The fourth-order valence-electron chi connectivity index (χ4n) is 3.49. The molecule has 0 spiro atoms. The molecule has 4 rings (SSSR count). The van der Waals surface area contributed by atoms with Gasteiger partial charge in [-0.25, -0.2) is 0 Å². The Bertz CT molecular complexity index is 488. The van der Waals surface area contributed by atoms with E-state index in [9.17, 15) is 0 Å². The zero-order valence-corrected chi connectivity index (χ0v) is 13.4. The molecule has 1 saturated carbocycles. The van der Waals surface area contributed by atoms with Crippen LogP contribution < -0.4 is 0 Å². The fourth-order valence-corrected chi connectivity index (χ4v) is 3.49. The maximum Gasteiger partial charge on any atom is 0.243 e. The van der Waals surface area contributed by atoms with Crippen molar-refractivity contribution in [2.24, 2.45) is 0 Å². The van der Waals surface area contributed by atoms with Crippen LogP contribution in [0.15, 0.2) is 4.52 Å². The second-order valence-electron chi connectivity index (χ2n) is 6.91. The Morgan fingerprint density at radius 1 is 1.18 bits per heavy atom. The Balaban J connectivity index is 1.28. The third-order valence-electron chi connectivity index (χ3n) is 5.20. The lowest BCUT2D eigenvalue weighted by molar-refractivity contribution is 0.0379. The monoisotopic (exact) mass is 306 g/mol. The minimum Gasteiger partial charge on any atom is -0.377 e. The Morgan fingerprint density at radius 2 is 2.00 bits per heavy atom. The van der Waals surface area contributed by atoms with Gasteiger partial charge in [-0.3, -0.25) is 9.80 Å². The lowest BCUT2D eigenvalue weighted by atomic mass is 10.2. The molecule has 1 aliphatic carbocycles. The first kappa shape index (κ1) is 14.6. The van der Waals surface area contributed by atoms with E-state index in [1.54, 1.807) is 0 Å². The predicted molar refractivity (Wildman–Crippen MR) is 81.7 cm³/mol. The summed E-state index contributed by atoms with van der Waals surface area (Å²) >= 11 is 0. The van der Waals surface area contributed by atoms with Gasteiger partial charge in [-0.15, -0.1) is 0 Å². The molecule has 2 atom stereocenters. The van der Waals surface area contributed by atoms with Crippen molar-refractivity contribution in [2.75, 3.05) is 39.3 Å². The molecule has 122 valence electrons. The van der Waals surface area contributed by atoms with Gasteiger partial charge in [-0.2, -0.15) is 4.98 Å². The summed E-state index contributed by atoms with van der Waals surface area (Å²) in [6.45, 7) is 8.56. The van der Waals surface area contributed by atoms with Gasteiger partial charge in [0, 0.05) is 45.2 Å². The Hall–Kier alpha value is -0.980. The normalized spacial score (nSPS) is 29.0. The summed E-state index contributed by atoms with van der Waals surface area (Å²) in [5.74, 6) is 2.27. The number of rotatable bonds is 5. The van der Waals surface area contributed by atoms with Crippen molar-refractivity contribution < 1.29 is 9.26 Å². The fraction of sp³-hybridized carbons (Fsp3) is 0.875. The molecule has 3 fully saturated rings. The summed E-state index contributed by atoms with van der Waals surface area (Å²) in [7, 11) is 0. The maximum absolute atomic E-state index is 5.74. The van der Waals surface area contributed by atoms with Crippen molar-refractivity contribution in [2.45, 2.75) is 50.7 Å². The number of piperazine rings is 1.